The van der Waals surface area contributed by atoms with Crippen LogP contribution in [0, 0.1) is 0 Å². The second-order valence-corrected chi connectivity index (χ2v) is 5.57. The van der Waals surface area contributed by atoms with Gasteiger partial charge in [0.2, 0.25) is 0 Å². The van der Waals surface area contributed by atoms with E-state index in [1.807, 2.05) is 17.0 Å². The van der Waals surface area contributed by atoms with Crippen molar-refractivity contribution in [2.24, 2.45) is 5.73 Å². The molecule has 1 aliphatic rings. The summed E-state index contributed by atoms with van der Waals surface area (Å²) in [4.78, 5) is 12.2. The fourth-order valence-corrected chi connectivity index (χ4v) is 2.52. The molecule has 3 rings (SSSR count). The number of imidazole rings is 1. The summed E-state index contributed by atoms with van der Waals surface area (Å²) in [6.45, 7) is 2.67. The highest BCUT2D eigenvalue weighted by Crippen LogP contribution is 2.33. The van der Waals surface area contributed by atoms with E-state index in [-0.39, 0.29) is 11.7 Å². The van der Waals surface area contributed by atoms with Gasteiger partial charge in [0.1, 0.15) is 0 Å². The zero-order valence-electron chi connectivity index (χ0n) is 11.8. The van der Waals surface area contributed by atoms with Crippen molar-refractivity contribution in [3.8, 4) is 0 Å². The van der Waals surface area contributed by atoms with E-state index >= 15 is 0 Å². The van der Waals surface area contributed by atoms with Gasteiger partial charge in [0.05, 0.1) is 0 Å². The van der Waals surface area contributed by atoms with Gasteiger partial charge >= 0.3 is 5.69 Å². The van der Waals surface area contributed by atoms with Crippen molar-refractivity contribution >= 4 is 0 Å². The molecule has 0 bridgehead atoms. The molecule has 1 atom stereocenters. The van der Waals surface area contributed by atoms with Crippen LogP contribution in [0.5, 0.6) is 0 Å². The van der Waals surface area contributed by atoms with Crippen LogP contribution in [0.1, 0.15) is 43.0 Å². The summed E-state index contributed by atoms with van der Waals surface area (Å²) in [6.07, 6.45) is 7.00. The first-order chi connectivity index (χ1) is 9.69. The molecule has 1 aliphatic carbocycles. The van der Waals surface area contributed by atoms with Crippen molar-refractivity contribution in [3.05, 3.63) is 58.3 Å². The molecule has 2 aromatic rings. The molecule has 1 unspecified atom stereocenters. The molecular formula is C16H21N3O. The predicted molar refractivity (Wildman–Crippen MR) is 79.7 cm³/mol. The van der Waals surface area contributed by atoms with Crippen LogP contribution < -0.4 is 11.4 Å². The molecule has 4 heteroatoms. The van der Waals surface area contributed by atoms with E-state index in [1.165, 1.54) is 5.56 Å². The zero-order chi connectivity index (χ0) is 14.1. The van der Waals surface area contributed by atoms with Gasteiger partial charge in [-0.2, -0.15) is 0 Å². The Morgan fingerprint density at radius 2 is 1.95 bits per heavy atom. The number of hydrogen-bond donors (Lipinski definition) is 1. The fraction of sp³-hybridized carbons (Fsp3) is 0.438. The minimum absolute atomic E-state index is 0.0631. The van der Waals surface area contributed by atoms with Gasteiger partial charge in [-0.25, -0.2) is 4.79 Å². The molecule has 1 heterocycles. The third kappa shape index (κ3) is 2.56. The molecule has 1 saturated carbocycles. The van der Waals surface area contributed by atoms with E-state index in [9.17, 15) is 4.79 Å². The average Bonchev–Trinajstić information content (AvgIpc) is 3.25. The Balaban J connectivity index is 1.74. The van der Waals surface area contributed by atoms with Crippen LogP contribution in [0.3, 0.4) is 0 Å². The molecular weight excluding hydrogens is 250 g/mol. The van der Waals surface area contributed by atoms with E-state index in [4.69, 9.17) is 5.73 Å². The van der Waals surface area contributed by atoms with E-state index in [0.29, 0.717) is 12.6 Å². The first-order valence-electron chi connectivity index (χ1n) is 7.30. The monoisotopic (exact) mass is 271 g/mol. The zero-order valence-corrected chi connectivity index (χ0v) is 11.8. The van der Waals surface area contributed by atoms with Gasteiger partial charge in [-0.05, 0) is 30.4 Å². The van der Waals surface area contributed by atoms with Gasteiger partial charge in [-0.1, -0.05) is 31.2 Å². The molecule has 0 radical (unpaired) electrons. The van der Waals surface area contributed by atoms with Crippen molar-refractivity contribution < 1.29 is 0 Å². The van der Waals surface area contributed by atoms with Gasteiger partial charge in [0, 0.05) is 31.0 Å². The van der Waals surface area contributed by atoms with Gasteiger partial charge < -0.3 is 5.73 Å². The highest BCUT2D eigenvalue weighted by molar-refractivity contribution is 5.24. The molecule has 20 heavy (non-hydrogen) atoms. The molecule has 4 nitrogen and oxygen atoms in total. The van der Waals surface area contributed by atoms with Crippen LogP contribution in [0.2, 0.25) is 0 Å². The van der Waals surface area contributed by atoms with E-state index < -0.39 is 0 Å². The van der Waals surface area contributed by atoms with Crippen LogP contribution in [0.4, 0.5) is 0 Å². The Labute approximate surface area is 118 Å². The van der Waals surface area contributed by atoms with E-state index in [2.05, 4.69) is 31.2 Å². The molecule has 0 spiro atoms. The molecule has 106 valence electrons. The molecule has 0 aliphatic heterocycles. The van der Waals surface area contributed by atoms with Crippen molar-refractivity contribution in [1.82, 2.24) is 9.13 Å². The maximum absolute atomic E-state index is 12.2. The summed E-state index contributed by atoms with van der Waals surface area (Å²) in [5.41, 5.74) is 8.66. The second-order valence-electron chi connectivity index (χ2n) is 5.57. The third-order valence-electron chi connectivity index (χ3n) is 4.02. The highest BCUT2D eigenvalue weighted by Gasteiger charge is 2.25. The van der Waals surface area contributed by atoms with E-state index in [0.717, 1.165) is 24.8 Å². The van der Waals surface area contributed by atoms with Crippen LogP contribution in [-0.4, -0.2) is 9.13 Å². The minimum Gasteiger partial charge on any atom is -0.322 e. The standard InChI is InChI=1S/C16H21N3O/c1-2-12-3-5-13(6-4-12)15(17)11-18-9-10-19(16(18)20)14-7-8-14/h3-6,9-10,14-15H,2,7-8,11,17H2,1H3. The first kappa shape index (κ1) is 13.2. The number of rotatable bonds is 5. The summed E-state index contributed by atoms with van der Waals surface area (Å²) in [5, 5.41) is 0. The smallest absolute Gasteiger partial charge is 0.322 e. The lowest BCUT2D eigenvalue weighted by atomic mass is 10.0. The highest BCUT2D eigenvalue weighted by atomic mass is 16.1. The summed E-state index contributed by atoms with van der Waals surface area (Å²) >= 11 is 0. The van der Waals surface area contributed by atoms with Gasteiger partial charge in [0.15, 0.2) is 0 Å². The van der Waals surface area contributed by atoms with Crippen LogP contribution >= 0.6 is 0 Å². The topological polar surface area (TPSA) is 52.9 Å². The summed E-state index contributed by atoms with van der Waals surface area (Å²) < 4.78 is 3.55. The van der Waals surface area contributed by atoms with Crippen molar-refractivity contribution in [2.45, 2.75) is 44.8 Å². The van der Waals surface area contributed by atoms with Crippen molar-refractivity contribution in [1.29, 1.82) is 0 Å². The van der Waals surface area contributed by atoms with E-state index in [1.54, 1.807) is 4.57 Å². The SMILES string of the molecule is CCc1ccc(C(N)Cn2ccn(C3CC3)c2=O)cc1. The lowest BCUT2D eigenvalue weighted by Gasteiger charge is -2.12. The normalized spacial score (nSPS) is 16.3. The number of aryl methyl sites for hydroxylation is 1. The Morgan fingerprint density at radius 1 is 1.25 bits per heavy atom. The lowest BCUT2D eigenvalue weighted by molar-refractivity contribution is 0.545. The third-order valence-corrected chi connectivity index (χ3v) is 4.02. The molecule has 1 aromatic heterocycles. The maximum Gasteiger partial charge on any atom is 0.328 e. The van der Waals surface area contributed by atoms with Gasteiger partial charge in [-0.15, -0.1) is 0 Å². The Hall–Kier alpha value is -1.81. The predicted octanol–water partition coefficient (Wildman–Crippen LogP) is 2.25. The summed E-state index contributed by atoms with van der Waals surface area (Å²) in [6, 6.07) is 8.61. The summed E-state index contributed by atoms with van der Waals surface area (Å²) in [5.74, 6) is 0. The van der Waals surface area contributed by atoms with Crippen LogP contribution in [0.25, 0.3) is 0 Å². The summed E-state index contributed by atoms with van der Waals surface area (Å²) in [7, 11) is 0. The largest absolute Gasteiger partial charge is 0.328 e. The number of benzene rings is 1. The second kappa shape index (κ2) is 5.29. The Bertz CT molecular complexity index is 634. The van der Waals surface area contributed by atoms with Crippen LogP contribution in [0.15, 0.2) is 41.5 Å². The Kier molecular flexibility index (Phi) is 3.49. The molecule has 2 N–H and O–H groups in total. The fourth-order valence-electron chi connectivity index (χ4n) is 2.52. The Morgan fingerprint density at radius 3 is 2.55 bits per heavy atom. The number of aromatic nitrogens is 2. The lowest BCUT2D eigenvalue weighted by Crippen LogP contribution is -2.28. The molecule has 0 amide bonds. The maximum atomic E-state index is 12.2. The van der Waals surface area contributed by atoms with Crippen molar-refractivity contribution in [3.63, 3.8) is 0 Å². The number of nitrogens with zero attached hydrogens (tertiary/aromatic N) is 2. The quantitative estimate of drug-likeness (QED) is 0.906. The van der Waals surface area contributed by atoms with Crippen molar-refractivity contribution in [2.75, 3.05) is 0 Å². The minimum atomic E-state index is -0.145. The van der Waals surface area contributed by atoms with Gasteiger partial charge in [0.25, 0.3) is 0 Å². The number of hydrogen-bond acceptors (Lipinski definition) is 2. The molecule has 0 saturated heterocycles. The first-order valence-corrected chi connectivity index (χ1v) is 7.30. The number of nitrogens with two attached hydrogens (primary N) is 1. The molecule has 1 fully saturated rings. The molecule has 1 aromatic carbocycles. The van der Waals surface area contributed by atoms with Crippen LogP contribution in [-0.2, 0) is 13.0 Å². The van der Waals surface area contributed by atoms with Gasteiger partial charge in [-0.3, -0.25) is 9.13 Å². The average molecular weight is 271 g/mol.